The zero-order chi connectivity index (χ0) is 14.4. The molecule has 19 heavy (non-hydrogen) atoms. The van der Waals surface area contributed by atoms with Gasteiger partial charge in [0.05, 0.1) is 12.7 Å². The van der Waals surface area contributed by atoms with Gasteiger partial charge in [-0.2, -0.15) is 0 Å². The van der Waals surface area contributed by atoms with Gasteiger partial charge in [-0.1, -0.05) is 11.6 Å². The lowest BCUT2D eigenvalue weighted by Gasteiger charge is -2.17. The van der Waals surface area contributed by atoms with E-state index in [-0.39, 0.29) is 25.4 Å². The number of benzene rings is 1. The highest BCUT2D eigenvalue weighted by Crippen LogP contribution is 2.27. The van der Waals surface area contributed by atoms with Gasteiger partial charge in [-0.25, -0.2) is 0 Å². The van der Waals surface area contributed by atoms with Crippen molar-refractivity contribution in [1.29, 1.82) is 0 Å². The van der Waals surface area contributed by atoms with Crippen LogP contribution in [0.4, 0.5) is 0 Å². The third kappa shape index (κ3) is 5.78. The maximum Gasteiger partial charge on any atom is 0.124 e. The summed E-state index contributed by atoms with van der Waals surface area (Å²) in [6, 6.07) is 5.09. The molecule has 0 amide bonds. The van der Waals surface area contributed by atoms with Crippen LogP contribution >= 0.6 is 11.6 Å². The minimum absolute atomic E-state index is 0.0878. The number of nitrogens with two attached hydrogens (primary N) is 1. The molecule has 0 bridgehead atoms. The van der Waals surface area contributed by atoms with Crippen LogP contribution in [-0.4, -0.2) is 30.5 Å². The van der Waals surface area contributed by atoms with Gasteiger partial charge in [-0.3, -0.25) is 0 Å². The zero-order valence-electron chi connectivity index (χ0n) is 11.6. The van der Waals surface area contributed by atoms with Gasteiger partial charge in [0.25, 0.3) is 0 Å². The zero-order valence-corrected chi connectivity index (χ0v) is 12.4. The molecule has 2 atom stereocenters. The van der Waals surface area contributed by atoms with Gasteiger partial charge in [-0.15, -0.1) is 0 Å². The highest BCUT2D eigenvalue weighted by Gasteiger charge is 2.12. The Morgan fingerprint density at radius 2 is 1.95 bits per heavy atom. The molecule has 0 saturated heterocycles. The van der Waals surface area contributed by atoms with E-state index in [2.05, 4.69) is 0 Å². The first kappa shape index (κ1) is 16.2. The lowest BCUT2D eigenvalue weighted by Crippen LogP contribution is -2.25. The molecule has 0 aromatic heterocycles. The molecule has 0 heterocycles. The van der Waals surface area contributed by atoms with Crippen molar-refractivity contribution in [1.82, 2.24) is 0 Å². The highest BCUT2D eigenvalue weighted by atomic mass is 35.5. The predicted octanol–water partition coefficient (Wildman–Crippen LogP) is 2.52. The van der Waals surface area contributed by atoms with Crippen molar-refractivity contribution in [2.45, 2.75) is 39.0 Å². The Balaban J connectivity index is 2.57. The maximum atomic E-state index is 9.74. The molecule has 108 valence electrons. The van der Waals surface area contributed by atoms with Crippen molar-refractivity contribution >= 4 is 11.6 Å². The summed E-state index contributed by atoms with van der Waals surface area (Å²) in [7, 11) is 0. The van der Waals surface area contributed by atoms with Gasteiger partial charge in [0.2, 0.25) is 0 Å². The molecule has 2 unspecified atom stereocenters. The lowest BCUT2D eigenvalue weighted by molar-refractivity contribution is -0.0124. The Morgan fingerprint density at radius 3 is 2.53 bits per heavy atom. The molecule has 1 aromatic rings. The van der Waals surface area contributed by atoms with Crippen LogP contribution in [0.25, 0.3) is 0 Å². The van der Waals surface area contributed by atoms with Gasteiger partial charge in [0.1, 0.15) is 18.5 Å². The summed E-state index contributed by atoms with van der Waals surface area (Å²) < 4.78 is 10.9. The number of ether oxygens (including phenoxy) is 2. The Bertz CT molecular complexity index is 396. The van der Waals surface area contributed by atoms with Gasteiger partial charge >= 0.3 is 0 Å². The third-order valence-electron chi connectivity index (χ3n) is 2.52. The molecular weight excluding hydrogens is 266 g/mol. The van der Waals surface area contributed by atoms with E-state index in [4.69, 9.17) is 26.8 Å². The van der Waals surface area contributed by atoms with E-state index in [0.29, 0.717) is 10.8 Å². The van der Waals surface area contributed by atoms with Crippen LogP contribution in [0.3, 0.4) is 0 Å². The van der Waals surface area contributed by atoms with Gasteiger partial charge in [-0.05, 0) is 39.0 Å². The second-order valence-electron chi connectivity index (χ2n) is 4.82. The van der Waals surface area contributed by atoms with E-state index in [0.717, 1.165) is 5.56 Å². The van der Waals surface area contributed by atoms with Crippen LogP contribution < -0.4 is 10.5 Å². The summed E-state index contributed by atoms with van der Waals surface area (Å²) in [6.07, 6.45) is -0.580. The molecule has 0 aliphatic heterocycles. The van der Waals surface area contributed by atoms with Crippen molar-refractivity contribution in [2.24, 2.45) is 5.73 Å². The smallest absolute Gasteiger partial charge is 0.124 e. The fourth-order valence-electron chi connectivity index (χ4n) is 1.54. The van der Waals surface area contributed by atoms with E-state index in [1.165, 1.54) is 0 Å². The Labute approximate surface area is 119 Å². The van der Waals surface area contributed by atoms with E-state index < -0.39 is 6.10 Å². The summed E-state index contributed by atoms with van der Waals surface area (Å²) in [4.78, 5) is 0. The van der Waals surface area contributed by atoms with Crippen molar-refractivity contribution < 1.29 is 14.6 Å². The monoisotopic (exact) mass is 287 g/mol. The Kier molecular flexibility index (Phi) is 6.58. The first-order chi connectivity index (χ1) is 8.90. The second-order valence-corrected chi connectivity index (χ2v) is 5.25. The minimum Gasteiger partial charge on any atom is -0.490 e. The van der Waals surface area contributed by atoms with Crippen LogP contribution in [0.15, 0.2) is 18.2 Å². The van der Waals surface area contributed by atoms with E-state index in [1.54, 1.807) is 18.2 Å². The van der Waals surface area contributed by atoms with Crippen LogP contribution in [0.1, 0.15) is 32.4 Å². The lowest BCUT2D eigenvalue weighted by atomic mass is 10.1. The molecule has 0 aliphatic rings. The molecule has 3 N–H and O–H groups in total. The summed E-state index contributed by atoms with van der Waals surface area (Å²) >= 11 is 5.93. The van der Waals surface area contributed by atoms with Gasteiger partial charge in [0.15, 0.2) is 0 Å². The largest absolute Gasteiger partial charge is 0.490 e. The van der Waals surface area contributed by atoms with Crippen LogP contribution in [0.2, 0.25) is 5.02 Å². The van der Waals surface area contributed by atoms with Crippen molar-refractivity contribution in [3.8, 4) is 5.75 Å². The quantitative estimate of drug-likeness (QED) is 0.809. The average Bonchev–Trinajstić information content (AvgIpc) is 2.34. The van der Waals surface area contributed by atoms with Crippen LogP contribution in [0.5, 0.6) is 5.75 Å². The molecule has 5 heteroatoms. The fourth-order valence-corrected chi connectivity index (χ4v) is 1.72. The number of aliphatic hydroxyl groups excluding tert-OH is 1. The summed E-state index contributed by atoms with van der Waals surface area (Å²) in [5.41, 5.74) is 6.69. The standard InChI is InChI=1S/C14H22ClNO3/c1-9(2)18-7-12(17)8-19-14-5-4-11(15)6-13(14)10(3)16/h4-6,9-10,12,17H,7-8,16H2,1-3H3. The van der Waals surface area contributed by atoms with E-state index >= 15 is 0 Å². The van der Waals surface area contributed by atoms with E-state index in [9.17, 15) is 5.11 Å². The highest BCUT2D eigenvalue weighted by molar-refractivity contribution is 6.30. The predicted molar refractivity (Wildman–Crippen MR) is 76.6 cm³/mol. The topological polar surface area (TPSA) is 64.7 Å². The minimum atomic E-state index is -0.668. The van der Waals surface area contributed by atoms with Crippen LogP contribution in [-0.2, 0) is 4.74 Å². The van der Waals surface area contributed by atoms with Crippen molar-refractivity contribution in [2.75, 3.05) is 13.2 Å². The average molecular weight is 288 g/mol. The normalized spacial score (nSPS) is 14.5. The fraction of sp³-hybridized carbons (Fsp3) is 0.571. The second kappa shape index (κ2) is 7.70. The molecule has 1 aromatic carbocycles. The molecule has 4 nitrogen and oxygen atoms in total. The number of rotatable bonds is 7. The summed E-state index contributed by atoms with van der Waals surface area (Å²) in [5.74, 6) is 0.642. The molecular formula is C14H22ClNO3. The number of halogens is 1. The van der Waals surface area contributed by atoms with Gasteiger partial charge in [0, 0.05) is 16.6 Å². The summed E-state index contributed by atoms with van der Waals surface area (Å²) in [6.45, 7) is 6.10. The molecule has 1 rings (SSSR count). The molecule has 0 saturated carbocycles. The first-order valence-electron chi connectivity index (χ1n) is 6.37. The number of hydrogen-bond acceptors (Lipinski definition) is 4. The first-order valence-corrected chi connectivity index (χ1v) is 6.75. The van der Waals surface area contributed by atoms with Crippen molar-refractivity contribution in [3.05, 3.63) is 28.8 Å². The molecule has 0 spiro atoms. The molecule has 0 radical (unpaired) electrons. The summed E-state index contributed by atoms with van der Waals surface area (Å²) in [5, 5.41) is 10.4. The molecule has 0 fully saturated rings. The SMILES string of the molecule is CC(C)OCC(O)COc1ccc(Cl)cc1C(C)N. The van der Waals surface area contributed by atoms with Gasteiger partial charge < -0.3 is 20.3 Å². The van der Waals surface area contributed by atoms with E-state index in [1.807, 2.05) is 20.8 Å². The Hall–Kier alpha value is -0.810. The van der Waals surface area contributed by atoms with Crippen molar-refractivity contribution in [3.63, 3.8) is 0 Å². The Morgan fingerprint density at radius 1 is 1.26 bits per heavy atom. The number of aliphatic hydroxyl groups is 1. The van der Waals surface area contributed by atoms with Crippen LogP contribution in [0, 0.1) is 0 Å². The number of hydrogen-bond donors (Lipinski definition) is 2. The maximum absolute atomic E-state index is 9.74. The molecule has 0 aliphatic carbocycles. The third-order valence-corrected chi connectivity index (χ3v) is 2.75.